The van der Waals surface area contributed by atoms with E-state index in [2.05, 4.69) is 5.32 Å². The Morgan fingerprint density at radius 1 is 1.17 bits per heavy atom. The van der Waals surface area contributed by atoms with E-state index in [4.69, 9.17) is 5.26 Å². The number of aryl methyl sites for hydroxylation is 1. The van der Waals surface area contributed by atoms with E-state index in [-0.39, 0.29) is 11.1 Å². The third-order valence-corrected chi connectivity index (χ3v) is 3.10. The van der Waals surface area contributed by atoms with Crippen molar-refractivity contribution in [2.45, 2.75) is 6.92 Å². The molecule has 0 aliphatic rings. The lowest BCUT2D eigenvalue weighted by Crippen LogP contribution is -2.21. The molecule has 2 aromatic rings. The minimum Gasteiger partial charge on any atom is -0.545 e. The predicted molar refractivity (Wildman–Crippen MR) is 84.2 cm³/mol. The van der Waals surface area contributed by atoms with Crippen LogP contribution in [0.3, 0.4) is 0 Å². The molecule has 2 aromatic carbocycles. The fourth-order valence-electron chi connectivity index (χ4n) is 1.95. The van der Waals surface area contributed by atoms with E-state index in [9.17, 15) is 14.7 Å². The summed E-state index contributed by atoms with van der Waals surface area (Å²) in [4.78, 5) is 22.8. The number of benzene rings is 2. The Morgan fingerprint density at radius 3 is 2.43 bits per heavy atom. The summed E-state index contributed by atoms with van der Waals surface area (Å²) >= 11 is 0. The van der Waals surface area contributed by atoms with Gasteiger partial charge in [0.25, 0.3) is 5.91 Å². The Balaban J connectivity index is 2.19. The highest BCUT2D eigenvalue weighted by Crippen LogP contribution is 2.13. The van der Waals surface area contributed by atoms with Gasteiger partial charge in [0.1, 0.15) is 11.6 Å². The number of nitrogens with one attached hydrogen (secondary N) is 1. The number of anilines is 1. The molecule has 5 heteroatoms. The Kier molecular flexibility index (Phi) is 4.90. The Hall–Kier alpha value is -3.39. The molecule has 5 nitrogen and oxygen atoms in total. The van der Waals surface area contributed by atoms with Crippen molar-refractivity contribution < 1.29 is 14.7 Å². The summed E-state index contributed by atoms with van der Waals surface area (Å²) in [5, 5.41) is 22.5. The van der Waals surface area contributed by atoms with Crippen LogP contribution in [0, 0.1) is 18.3 Å². The Bertz CT molecular complexity index is 815. The van der Waals surface area contributed by atoms with Crippen molar-refractivity contribution in [3.05, 3.63) is 70.8 Å². The fraction of sp³-hybridized carbons (Fsp3) is 0.0556. The number of carboxylic acids is 1. The van der Waals surface area contributed by atoms with Gasteiger partial charge in [0.05, 0.1) is 5.97 Å². The van der Waals surface area contributed by atoms with Gasteiger partial charge < -0.3 is 15.2 Å². The van der Waals surface area contributed by atoms with Crippen LogP contribution < -0.4 is 10.4 Å². The van der Waals surface area contributed by atoms with Crippen LogP contribution in [0.1, 0.15) is 21.5 Å². The number of carbonyl (C=O) groups excluding carboxylic acids is 2. The van der Waals surface area contributed by atoms with Crippen LogP contribution in [0.5, 0.6) is 0 Å². The SMILES string of the molecule is Cc1cccc(NC(=O)/C(C#N)=C/c2ccc(C(=O)[O-])cc2)c1. The van der Waals surface area contributed by atoms with Gasteiger partial charge in [-0.1, -0.05) is 36.4 Å². The zero-order valence-electron chi connectivity index (χ0n) is 12.4. The van der Waals surface area contributed by atoms with E-state index in [0.717, 1.165) is 5.56 Å². The lowest BCUT2D eigenvalue weighted by Gasteiger charge is -2.05. The molecular weight excluding hydrogens is 292 g/mol. The molecule has 0 aliphatic heterocycles. The summed E-state index contributed by atoms with van der Waals surface area (Å²) in [6.07, 6.45) is 1.39. The first kappa shape index (κ1) is 16.0. The minimum absolute atomic E-state index is 0.0323. The van der Waals surface area contributed by atoms with Gasteiger partial charge >= 0.3 is 0 Å². The van der Waals surface area contributed by atoms with Gasteiger partial charge in [0.2, 0.25) is 0 Å². The van der Waals surface area contributed by atoms with Gasteiger partial charge in [-0.05, 0) is 41.8 Å². The van der Waals surface area contributed by atoms with E-state index in [0.29, 0.717) is 11.3 Å². The molecule has 1 amide bonds. The van der Waals surface area contributed by atoms with Crippen LogP contribution >= 0.6 is 0 Å². The Labute approximate surface area is 133 Å². The van der Waals surface area contributed by atoms with Gasteiger partial charge in [-0.15, -0.1) is 0 Å². The van der Waals surface area contributed by atoms with E-state index in [1.54, 1.807) is 18.2 Å². The van der Waals surface area contributed by atoms with Gasteiger partial charge in [-0.2, -0.15) is 5.26 Å². The van der Waals surface area contributed by atoms with Gasteiger partial charge in [-0.3, -0.25) is 4.79 Å². The summed E-state index contributed by atoms with van der Waals surface area (Å²) in [7, 11) is 0. The first-order valence-electron chi connectivity index (χ1n) is 6.81. The lowest BCUT2D eigenvalue weighted by molar-refractivity contribution is -0.255. The maximum Gasteiger partial charge on any atom is 0.266 e. The average molecular weight is 305 g/mol. The molecule has 114 valence electrons. The zero-order chi connectivity index (χ0) is 16.8. The zero-order valence-corrected chi connectivity index (χ0v) is 12.4. The van der Waals surface area contributed by atoms with Crippen molar-refractivity contribution in [1.82, 2.24) is 0 Å². The highest BCUT2D eigenvalue weighted by Gasteiger charge is 2.09. The highest BCUT2D eigenvalue weighted by atomic mass is 16.4. The number of hydrogen-bond acceptors (Lipinski definition) is 4. The maximum atomic E-state index is 12.1. The first-order chi connectivity index (χ1) is 11.0. The lowest BCUT2D eigenvalue weighted by atomic mass is 10.1. The maximum absolute atomic E-state index is 12.1. The first-order valence-corrected chi connectivity index (χ1v) is 6.81. The van der Waals surface area contributed by atoms with Crippen molar-refractivity contribution in [2.24, 2.45) is 0 Å². The van der Waals surface area contributed by atoms with Crippen LogP contribution in [0.25, 0.3) is 6.08 Å². The van der Waals surface area contributed by atoms with Crippen LogP contribution in [-0.2, 0) is 4.79 Å². The number of amides is 1. The molecule has 0 bridgehead atoms. The van der Waals surface area contributed by atoms with E-state index in [1.165, 1.54) is 30.3 Å². The normalized spacial score (nSPS) is 10.7. The number of carboxylic acid groups (broad SMARTS) is 1. The summed E-state index contributed by atoms with van der Waals surface area (Å²) in [5.41, 5.74) is 2.09. The molecular formula is C18H13N2O3-. The minimum atomic E-state index is -1.28. The summed E-state index contributed by atoms with van der Waals surface area (Å²) in [6.45, 7) is 1.90. The molecule has 0 unspecified atom stereocenters. The number of hydrogen-bond donors (Lipinski definition) is 1. The van der Waals surface area contributed by atoms with Crippen LogP contribution in [-0.4, -0.2) is 11.9 Å². The molecule has 0 spiro atoms. The average Bonchev–Trinajstić information content (AvgIpc) is 2.53. The molecule has 0 aromatic heterocycles. The number of aromatic carboxylic acids is 1. The molecule has 0 fully saturated rings. The second-order valence-electron chi connectivity index (χ2n) is 4.90. The smallest absolute Gasteiger partial charge is 0.266 e. The quantitative estimate of drug-likeness (QED) is 0.689. The third-order valence-electron chi connectivity index (χ3n) is 3.10. The molecule has 23 heavy (non-hydrogen) atoms. The molecule has 2 rings (SSSR count). The second-order valence-corrected chi connectivity index (χ2v) is 4.90. The van der Waals surface area contributed by atoms with Crippen molar-refractivity contribution in [3.63, 3.8) is 0 Å². The summed E-state index contributed by atoms with van der Waals surface area (Å²) in [6, 6.07) is 14.8. The summed E-state index contributed by atoms with van der Waals surface area (Å²) < 4.78 is 0. The van der Waals surface area contributed by atoms with E-state index >= 15 is 0 Å². The third kappa shape index (κ3) is 4.29. The van der Waals surface area contributed by atoms with Crippen LogP contribution in [0.15, 0.2) is 54.1 Å². The Morgan fingerprint density at radius 2 is 1.87 bits per heavy atom. The molecule has 0 saturated carbocycles. The van der Waals surface area contributed by atoms with Gasteiger partial charge in [-0.25, -0.2) is 0 Å². The van der Waals surface area contributed by atoms with Crippen molar-refractivity contribution in [3.8, 4) is 6.07 Å². The molecule has 0 aliphatic carbocycles. The number of rotatable bonds is 4. The number of carbonyl (C=O) groups is 2. The molecule has 0 radical (unpaired) electrons. The van der Waals surface area contributed by atoms with Crippen LogP contribution in [0.2, 0.25) is 0 Å². The second kappa shape index (κ2) is 7.05. The molecule has 0 atom stereocenters. The van der Waals surface area contributed by atoms with E-state index < -0.39 is 11.9 Å². The molecule has 1 N–H and O–H groups in total. The monoisotopic (exact) mass is 305 g/mol. The number of nitrogens with zero attached hydrogens (tertiary/aromatic N) is 1. The standard InChI is InChI=1S/C18H14N2O3/c1-12-3-2-4-16(9-12)20-17(21)15(11-19)10-13-5-7-14(8-6-13)18(22)23/h2-10H,1H3,(H,20,21)(H,22,23)/p-1/b15-10+. The molecule has 0 saturated heterocycles. The van der Waals surface area contributed by atoms with Crippen molar-refractivity contribution in [2.75, 3.05) is 5.32 Å². The topological polar surface area (TPSA) is 93.0 Å². The van der Waals surface area contributed by atoms with Gasteiger partial charge in [0.15, 0.2) is 0 Å². The predicted octanol–water partition coefficient (Wildman–Crippen LogP) is 1.90. The van der Waals surface area contributed by atoms with Crippen molar-refractivity contribution >= 4 is 23.6 Å². The fourth-order valence-corrected chi connectivity index (χ4v) is 1.95. The van der Waals surface area contributed by atoms with Gasteiger partial charge in [0, 0.05) is 5.69 Å². The van der Waals surface area contributed by atoms with E-state index in [1.807, 2.05) is 19.1 Å². The largest absolute Gasteiger partial charge is 0.545 e. The summed E-state index contributed by atoms with van der Waals surface area (Å²) in [5.74, 6) is -1.81. The van der Waals surface area contributed by atoms with Crippen molar-refractivity contribution in [1.29, 1.82) is 5.26 Å². The van der Waals surface area contributed by atoms with Crippen LogP contribution in [0.4, 0.5) is 5.69 Å². The molecule has 0 heterocycles. The number of nitriles is 1. The highest BCUT2D eigenvalue weighted by molar-refractivity contribution is 6.09.